The second-order valence-corrected chi connectivity index (χ2v) is 6.14. The number of likely N-dealkylation sites (N-methyl/N-ethyl adjacent to an activating group) is 1. The quantitative estimate of drug-likeness (QED) is 0.474. The lowest BCUT2D eigenvalue weighted by atomic mass is 9.83. The Labute approximate surface area is 165 Å². The van der Waals surface area contributed by atoms with E-state index < -0.39 is 17.3 Å². The molecule has 0 aromatic heterocycles. The Hall–Kier alpha value is -3.02. The van der Waals surface area contributed by atoms with Crippen molar-refractivity contribution in [3.05, 3.63) is 66.5 Å². The summed E-state index contributed by atoms with van der Waals surface area (Å²) in [6.07, 6.45) is 1.86. The highest BCUT2D eigenvalue weighted by atomic mass is 19.1. The molecular formula is C22H26FNO4. The van der Waals surface area contributed by atoms with Gasteiger partial charge in [0.2, 0.25) is 0 Å². The molecule has 0 spiro atoms. The van der Waals surface area contributed by atoms with Crippen LogP contribution in [0.25, 0.3) is 0 Å². The van der Waals surface area contributed by atoms with Crippen molar-refractivity contribution in [2.75, 3.05) is 32.8 Å². The number of carbonyl (C=O) groups excluding carboxylic acids is 1. The molecular weight excluding hydrogens is 361 g/mol. The minimum absolute atomic E-state index is 0.105. The number of methoxy groups -OCH3 is 3. The molecule has 0 heterocycles. The fourth-order valence-electron chi connectivity index (χ4n) is 3.43. The standard InChI is InChI=1S/C22H26FNO4/c1-6-14-22(21(25)28-5,16-8-13-20(27-4)19(23)15-16)24(7-2)17-9-11-18(26-3)12-10-17/h6,8-13,15H,1,7,14H2,2-5H3. The van der Waals surface area contributed by atoms with Gasteiger partial charge in [-0.1, -0.05) is 12.1 Å². The van der Waals surface area contributed by atoms with Gasteiger partial charge in [0, 0.05) is 18.7 Å². The van der Waals surface area contributed by atoms with E-state index in [1.54, 1.807) is 19.3 Å². The van der Waals surface area contributed by atoms with Gasteiger partial charge in [-0.05, 0) is 48.9 Å². The minimum atomic E-state index is -1.28. The van der Waals surface area contributed by atoms with Crippen LogP contribution in [0.15, 0.2) is 55.1 Å². The van der Waals surface area contributed by atoms with Crippen LogP contribution in [-0.4, -0.2) is 33.8 Å². The number of ether oxygens (including phenoxy) is 3. The van der Waals surface area contributed by atoms with Crippen molar-refractivity contribution in [1.82, 2.24) is 0 Å². The highest BCUT2D eigenvalue weighted by Gasteiger charge is 2.46. The molecule has 0 aliphatic carbocycles. The lowest BCUT2D eigenvalue weighted by Gasteiger charge is -2.42. The number of carbonyl (C=O) groups is 1. The summed E-state index contributed by atoms with van der Waals surface area (Å²) >= 11 is 0. The number of esters is 1. The second kappa shape index (κ2) is 9.26. The normalized spacial score (nSPS) is 12.6. The zero-order valence-electron chi connectivity index (χ0n) is 16.7. The van der Waals surface area contributed by atoms with E-state index in [1.807, 2.05) is 36.1 Å². The third kappa shape index (κ3) is 3.81. The summed E-state index contributed by atoms with van der Waals surface area (Å²) in [4.78, 5) is 15.0. The van der Waals surface area contributed by atoms with Gasteiger partial charge >= 0.3 is 5.97 Å². The number of hydrogen-bond acceptors (Lipinski definition) is 5. The summed E-state index contributed by atoms with van der Waals surface area (Å²) in [5.41, 5.74) is -0.0607. The Morgan fingerprint density at radius 2 is 1.82 bits per heavy atom. The van der Waals surface area contributed by atoms with E-state index in [2.05, 4.69) is 6.58 Å². The Morgan fingerprint density at radius 1 is 1.14 bits per heavy atom. The van der Waals surface area contributed by atoms with Crippen molar-refractivity contribution in [3.63, 3.8) is 0 Å². The first-order valence-electron chi connectivity index (χ1n) is 8.93. The van der Waals surface area contributed by atoms with E-state index in [9.17, 15) is 9.18 Å². The first kappa shape index (κ1) is 21.3. The molecule has 0 saturated carbocycles. The molecule has 6 heteroatoms. The smallest absolute Gasteiger partial charge is 0.336 e. The van der Waals surface area contributed by atoms with Crippen LogP contribution >= 0.6 is 0 Å². The first-order valence-corrected chi connectivity index (χ1v) is 8.93. The molecule has 1 atom stereocenters. The largest absolute Gasteiger partial charge is 0.497 e. The van der Waals surface area contributed by atoms with Gasteiger partial charge in [0.1, 0.15) is 5.75 Å². The minimum Gasteiger partial charge on any atom is -0.497 e. The van der Waals surface area contributed by atoms with Crippen LogP contribution in [0.4, 0.5) is 10.1 Å². The lowest BCUT2D eigenvalue weighted by Crippen LogP contribution is -2.53. The highest BCUT2D eigenvalue weighted by Crippen LogP contribution is 2.39. The number of rotatable bonds is 9. The molecule has 1 unspecified atom stereocenters. The Balaban J connectivity index is 2.72. The maximum Gasteiger partial charge on any atom is 0.336 e. The van der Waals surface area contributed by atoms with Gasteiger partial charge in [0.25, 0.3) is 0 Å². The molecule has 2 aromatic carbocycles. The molecule has 0 radical (unpaired) electrons. The zero-order valence-corrected chi connectivity index (χ0v) is 16.7. The predicted molar refractivity (Wildman–Crippen MR) is 107 cm³/mol. The molecule has 2 aromatic rings. The SMILES string of the molecule is C=CCC(C(=O)OC)(c1ccc(OC)c(F)c1)N(CC)c1ccc(OC)cc1. The highest BCUT2D eigenvalue weighted by molar-refractivity contribution is 5.87. The fourth-order valence-corrected chi connectivity index (χ4v) is 3.43. The van der Waals surface area contributed by atoms with Crippen LogP contribution in [0, 0.1) is 5.82 Å². The van der Waals surface area contributed by atoms with Crippen LogP contribution in [0.2, 0.25) is 0 Å². The summed E-state index contributed by atoms with van der Waals surface area (Å²) in [6.45, 7) is 6.21. The summed E-state index contributed by atoms with van der Waals surface area (Å²) in [7, 11) is 4.30. The Bertz CT molecular complexity index is 822. The maximum absolute atomic E-state index is 14.5. The fraction of sp³-hybridized carbons (Fsp3) is 0.318. The number of nitrogens with zero attached hydrogens (tertiary/aromatic N) is 1. The molecule has 0 aliphatic rings. The summed E-state index contributed by atoms with van der Waals surface area (Å²) in [5, 5.41) is 0. The lowest BCUT2D eigenvalue weighted by molar-refractivity contribution is -0.147. The van der Waals surface area contributed by atoms with Crippen molar-refractivity contribution in [2.45, 2.75) is 18.9 Å². The molecule has 0 saturated heterocycles. The summed E-state index contributed by atoms with van der Waals surface area (Å²) in [5.74, 6) is -0.256. The van der Waals surface area contributed by atoms with Crippen molar-refractivity contribution < 1.29 is 23.4 Å². The van der Waals surface area contributed by atoms with E-state index in [-0.39, 0.29) is 12.2 Å². The van der Waals surface area contributed by atoms with Crippen molar-refractivity contribution in [2.24, 2.45) is 0 Å². The van der Waals surface area contributed by atoms with Gasteiger partial charge in [0.05, 0.1) is 21.3 Å². The van der Waals surface area contributed by atoms with Crippen LogP contribution in [0.3, 0.4) is 0 Å². The van der Waals surface area contributed by atoms with E-state index in [1.165, 1.54) is 26.4 Å². The third-order valence-corrected chi connectivity index (χ3v) is 4.75. The van der Waals surface area contributed by atoms with Gasteiger partial charge in [-0.2, -0.15) is 0 Å². The van der Waals surface area contributed by atoms with Gasteiger partial charge in [-0.15, -0.1) is 6.58 Å². The van der Waals surface area contributed by atoms with Gasteiger partial charge in [-0.3, -0.25) is 0 Å². The molecule has 0 aliphatic heterocycles. The van der Waals surface area contributed by atoms with E-state index in [0.29, 0.717) is 17.9 Å². The van der Waals surface area contributed by atoms with Gasteiger partial charge < -0.3 is 19.1 Å². The van der Waals surface area contributed by atoms with E-state index in [0.717, 1.165) is 5.69 Å². The van der Waals surface area contributed by atoms with Gasteiger partial charge in [0.15, 0.2) is 17.1 Å². The molecule has 28 heavy (non-hydrogen) atoms. The Morgan fingerprint density at radius 3 is 2.29 bits per heavy atom. The van der Waals surface area contributed by atoms with Crippen LogP contribution in [-0.2, 0) is 15.1 Å². The summed E-state index contributed by atoms with van der Waals surface area (Å²) in [6, 6.07) is 11.8. The predicted octanol–water partition coefficient (Wildman–Crippen LogP) is 4.31. The first-order chi connectivity index (χ1) is 13.5. The Kier molecular flexibility index (Phi) is 7.04. The zero-order chi connectivity index (χ0) is 20.7. The van der Waals surface area contributed by atoms with Crippen LogP contribution in [0.5, 0.6) is 11.5 Å². The topological polar surface area (TPSA) is 48.0 Å². The van der Waals surface area contributed by atoms with Crippen molar-refractivity contribution in [1.29, 1.82) is 0 Å². The van der Waals surface area contributed by atoms with E-state index in [4.69, 9.17) is 14.2 Å². The number of halogens is 1. The molecule has 150 valence electrons. The molecule has 2 rings (SSSR count). The average molecular weight is 387 g/mol. The number of hydrogen-bond donors (Lipinski definition) is 0. The number of benzene rings is 2. The van der Waals surface area contributed by atoms with Crippen LogP contribution in [0.1, 0.15) is 18.9 Å². The molecule has 0 fully saturated rings. The third-order valence-electron chi connectivity index (χ3n) is 4.75. The summed E-state index contributed by atoms with van der Waals surface area (Å²) < 4.78 is 29.9. The molecule has 0 N–H and O–H groups in total. The molecule has 0 amide bonds. The van der Waals surface area contributed by atoms with Crippen molar-refractivity contribution >= 4 is 11.7 Å². The monoisotopic (exact) mass is 387 g/mol. The van der Waals surface area contributed by atoms with Gasteiger partial charge in [-0.25, -0.2) is 9.18 Å². The molecule has 0 bridgehead atoms. The van der Waals surface area contributed by atoms with Crippen LogP contribution < -0.4 is 14.4 Å². The second-order valence-electron chi connectivity index (χ2n) is 6.14. The molecule has 5 nitrogen and oxygen atoms in total. The maximum atomic E-state index is 14.5. The average Bonchev–Trinajstić information content (AvgIpc) is 2.73. The van der Waals surface area contributed by atoms with Crippen molar-refractivity contribution in [3.8, 4) is 11.5 Å². The number of anilines is 1. The van der Waals surface area contributed by atoms with E-state index >= 15 is 0 Å².